The van der Waals surface area contributed by atoms with E-state index in [1.165, 1.54) is 0 Å². The summed E-state index contributed by atoms with van der Waals surface area (Å²) in [6, 6.07) is 13.5. The molecule has 0 aliphatic carbocycles. The Morgan fingerprint density at radius 1 is 1.16 bits per heavy atom. The average molecular weight is 332 g/mol. The Morgan fingerprint density at radius 2 is 1.92 bits per heavy atom. The Morgan fingerprint density at radius 3 is 2.60 bits per heavy atom. The van der Waals surface area contributed by atoms with E-state index in [-0.39, 0.29) is 5.43 Å². The fourth-order valence-corrected chi connectivity index (χ4v) is 2.77. The van der Waals surface area contributed by atoms with Gasteiger partial charge in [-0.2, -0.15) is 0 Å². The highest BCUT2D eigenvalue weighted by atomic mass is 16.5. The van der Waals surface area contributed by atoms with Gasteiger partial charge in [0, 0.05) is 11.1 Å². The van der Waals surface area contributed by atoms with E-state index < -0.39 is 0 Å². The van der Waals surface area contributed by atoms with Crippen LogP contribution in [0, 0.1) is 6.92 Å². The van der Waals surface area contributed by atoms with Crippen LogP contribution in [0.2, 0.25) is 0 Å². The Bertz CT molecular complexity index is 995. The second-order valence-electron chi connectivity index (χ2n) is 5.82. The summed E-state index contributed by atoms with van der Waals surface area (Å²) in [5.74, 6) is 1.21. The van der Waals surface area contributed by atoms with E-state index in [0.717, 1.165) is 11.1 Å². The summed E-state index contributed by atoms with van der Waals surface area (Å²) < 4.78 is 11.4. The second kappa shape index (κ2) is 7.22. The summed E-state index contributed by atoms with van der Waals surface area (Å²) in [5.41, 5.74) is 3.06. The van der Waals surface area contributed by atoms with Gasteiger partial charge in [0.05, 0.1) is 12.5 Å². The molecule has 0 amide bonds. The van der Waals surface area contributed by atoms with Gasteiger partial charge in [-0.15, -0.1) is 6.58 Å². The lowest BCUT2D eigenvalue weighted by molar-refractivity contribution is 0.414. The minimum Gasteiger partial charge on any atom is -0.497 e. The lowest BCUT2D eigenvalue weighted by Gasteiger charge is -2.09. The summed E-state index contributed by atoms with van der Waals surface area (Å²) in [7, 11) is 1.59. The number of hydrogen-bond donors (Lipinski definition) is 0. The van der Waals surface area contributed by atoms with Crippen molar-refractivity contribution in [1.29, 1.82) is 0 Å². The largest absolute Gasteiger partial charge is 0.497 e. The van der Waals surface area contributed by atoms with Gasteiger partial charge in [0.1, 0.15) is 17.1 Å². The van der Waals surface area contributed by atoms with E-state index in [9.17, 15) is 4.79 Å². The first kappa shape index (κ1) is 16.8. The van der Waals surface area contributed by atoms with E-state index in [1.54, 1.807) is 26.2 Å². The maximum Gasteiger partial charge on any atom is 0.196 e. The molecule has 0 unspecified atom stereocenters. The normalized spacial score (nSPS) is 11.1. The number of allylic oxidation sites excluding steroid dienone is 1. The van der Waals surface area contributed by atoms with Crippen LogP contribution in [0.1, 0.15) is 22.5 Å². The monoisotopic (exact) mass is 332 g/mol. The molecule has 0 spiro atoms. The fourth-order valence-electron chi connectivity index (χ4n) is 2.77. The summed E-state index contributed by atoms with van der Waals surface area (Å²) in [6.45, 7) is 5.56. The zero-order valence-corrected chi connectivity index (χ0v) is 14.4. The molecule has 0 aliphatic rings. The van der Waals surface area contributed by atoms with Gasteiger partial charge < -0.3 is 9.15 Å². The topological polar surface area (TPSA) is 39.4 Å². The fraction of sp³-hybridized carbons (Fsp3) is 0.136. The van der Waals surface area contributed by atoms with Gasteiger partial charge in [-0.3, -0.25) is 4.79 Å². The van der Waals surface area contributed by atoms with E-state index >= 15 is 0 Å². The van der Waals surface area contributed by atoms with E-state index in [1.807, 2.05) is 48.6 Å². The maximum absolute atomic E-state index is 12.8. The number of rotatable bonds is 5. The number of benzene rings is 2. The van der Waals surface area contributed by atoms with Crippen LogP contribution in [0.4, 0.5) is 0 Å². The SMILES string of the molecule is C=CCc1cc(OC)cc2c(=O)c(C)c(/C=C/c3ccccc3)oc12. The number of ether oxygens (including phenoxy) is 1. The average Bonchev–Trinajstić information content (AvgIpc) is 2.64. The quantitative estimate of drug-likeness (QED) is 0.617. The van der Waals surface area contributed by atoms with Crippen molar-refractivity contribution >= 4 is 23.1 Å². The van der Waals surface area contributed by atoms with Gasteiger partial charge >= 0.3 is 0 Å². The van der Waals surface area contributed by atoms with Gasteiger partial charge in [0.25, 0.3) is 0 Å². The molecule has 0 saturated carbocycles. The van der Waals surface area contributed by atoms with Crippen LogP contribution < -0.4 is 10.2 Å². The molecule has 0 bridgehead atoms. The molecular formula is C22H20O3. The standard InChI is InChI=1S/C22H20O3/c1-4-8-17-13-18(24-3)14-19-21(23)15(2)20(25-22(17)19)12-11-16-9-6-5-7-10-16/h4-7,9-14H,1,8H2,2-3H3/b12-11+. The highest BCUT2D eigenvalue weighted by Crippen LogP contribution is 2.27. The highest BCUT2D eigenvalue weighted by molar-refractivity contribution is 5.84. The molecule has 3 rings (SSSR count). The molecule has 0 atom stereocenters. The molecule has 0 radical (unpaired) electrons. The highest BCUT2D eigenvalue weighted by Gasteiger charge is 2.14. The minimum atomic E-state index is -0.0434. The predicted molar refractivity (Wildman–Crippen MR) is 103 cm³/mol. The molecule has 1 heterocycles. The zero-order valence-electron chi connectivity index (χ0n) is 14.4. The minimum absolute atomic E-state index is 0.0434. The molecule has 2 aromatic carbocycles. The van der Waals surface area contributed by atoms with Gasteiger partial charge in [-0.25, -0.2) is 0 Å². The van der Waals surface area contributed by atoms with Crippen molar-refractivity contribution in [2.75, 3.05) is 7.11 Å². The lowest BCUT2D eigenvalue weighted by Crippen LogP contribution is -2.08. The molecule has 25 heavy (non-hydrogen) atoms. The van der Waals surface area contributed by atoms with Crippen LogP contribution in [0.5, 0.6) is 5.75 Å². The first-order valence-electron chi connectivity index (χ1n) is 8.12. The number of hydrogen-bond acceptors (Lipinski definition) is 3. The summed E-state index contributed by atoms with van der Waals surface area (Å²) in [4.78, 5) is 12.8. The van der Waals surface area contributed by atoms with E-state index in [4.69, 9.17) is 9.15 Å². The predicted octanol–water partition coefficient (Wildman–Crippen LogP) is 5.01. The van der Waals surface area contributed by atoms with Crippen LogP contribution >= 0.6 is 0 Å². The molecular weight excluding hydrogens is 312 g/mol. The van der Waals surface area contributed by atoms with Gasteiger partial charge in [-0.05, 0) is 37.1 Å². The lowest BCUT2D eigenvalue weighted by atomic mass is 10.0. The summed E-state index contributed by atoms with van der Waals surface area (Å²) >= 11 is 0. The Balaban J connectivity index is 2.19. The van der Waals surface area contributed by atoms with Crippen LogP contribution in [-0.4, -0.2) is 7.11 Å². The molecule has 3 aromatic rings. The molecule has 0 N–H and O–H groups in total. The summed E-state index contributed by atoms with van der Waals surface area (Å²) in [5, 5.41) is 0.533. The van der Waals surface area contributed by atoms with Crippen molar-refractivity contribution in [3.05, 3.63) is 87.8 Å². The van der Waals surface area contributed by atoms with E-state index in [0.29, 0.717) is 34.5 Å². The van der Waals surface area contributed by atoms with Gasteiger partial charge in [0.2, 0.25) is 0 Å². The maximum atomic E-state index is 12.8. The Kier molecular flexibility index (Phi) is 4.85. The summed E-state index contributed by atoms with van der Waals surface area (Å²) in [6.07, 6.45) is 6.16. The van der Waals surface area contributed by atoms with Gasteiger partial charge in [-0.1, -0.05) is 42.5 Å². The zero-order chi connectivity index (χ0) is 17.8. The first-order valence-corrected chi connectivity index (χ1v) is 8.12. The van der Waals surface area contributed by atoms with Crippen molar-refractivity contribution in [2.45, 2.75) is 13.3 Å². The number of fused-ring (bicyclic) bond motifs is 1. The smallest absolute Gasteiger partial charge is 0.196 e. The third kappa shape index (κ3) is 3.41. The molecule has 3 heteroatoms. The number of methoxy groups -OCH3 is 1. The molecule has 3 nitrogen and oxygen atoms in total. The van der Waals surface area contributed by atoms with Crippen LogP contribution in [-0.2, 0) is 6.42 Å². The van der Waals surface area contributed by atoms with Crippen molar-refractivity contribution in [1.82, 2.24) is 0 Å². The molecule has 0 saturated heterocycles. The van der Waals surface area contributed by atoms with Crippen molar-refractivity contribution in [3.63, 3.8) is 0 Å². The van der Waals surface area contributed by atoms with E-state index in [2.05, 4.69) is 6.58 Å². The molecule has 1 aromatic heterocycles. The van der Waals surface area contributed by atoms with Crippen LogP contribution in [0.15, 0.2) is 64.3 Å². The van der Waals surface area contributed by atoms with Crippen LogP contribution in [0.25, 0.3) is 23.1 Å². The molecule has 126 valence electrons. The third-order valence-electron chi connectivity index (χ3n) is 4.13. The third-order valence-corrected chi connectivity index (χ3v) is 4.13. The Hall–Kier alpha value is -3.07. The second-order valence-corrected chi connectivity index (χ2v) is 5.82. The Labute approximate surface area is 146 Å². The van der Waals surface area contributed by atoms with Crippen molar-refractivity contribution in [3.8, 4) is 5.75 Å². The molecule has 0 aliphatic heterocycles. The van der Waals surface area contributed by atoms with Crippen molar-refractivity contribution < 1.29 is 9.15 Å². The van der Waals surface area contributed by atoms with Crippen LogP contribution in [0.3, 0.4) is 0 Å². The van der Waals surface area contributed by atoms with Gasteiger partial charge in [0.15, 0.2) is 5.43 Å². The van der Waals surface area contributed by atoms with Crippen molar-refractivity contribution in [2.24, 2.45) is 0 Å². The first-order chi connectivity index (χ1) is 12.1. The molecule has 0 fully saturated rings.